The summed E-state index contributed by atoms with van der Waals surface area (Å²) >= 11 is 6.10. The highest BCUT2D eigenvalue weighted by atomic mass is 35.5. The van der Waals surface area contributed by atoms with Crippen molar-refractivity contribution in [1.29, 1.82) is 0 Å². The monoisotopic (exact) mass is 332 g/mol. The number of nitrogens with one attached hydrogen (secondary N) is 2. The van der Waals surface area contributed by atoms with Gasteiger partial charge in [0.05, 0.1) is 6.04 Å². The van der Waals surface area contributed by atoms with Crippen LogP contribution in [-0.2, 0) is 17.9 Å². The Kier molecular flexibility index (Phi) is 6.44. The van der Waals surface area contributed by atoms with Crippen molar-refractivity contribution in [3.05, 3.63) is 64.7 Å². The fraction of sp³-hybridized carbons (Fsp3) is 0.278. The van der Waals surface area contributed by atoms with Crippen molar-refractivity contribution in [2.75, 3.05) is 7.05 Å². The Hall–Kier alpha value is -2.04. The van der Waals surface area contributed by atoms with E-state index in [0.29, 0.717) is 18.2 Å². The highest BCUT2D eigenvalue weighted by molar-refractivity contribution is 6.31. The highest BCUT2D eigenvalue weighted by Gasteiger charge is 2.09. The molecule has 0 spiro atoms. The van der Waals surface area contributed by atoms with Gasteiger partial charge in [-0.15, -0.1) is 0 Å². The Morgan fingerprint density at radius 2 is 1.87 bits per heavy atom. The highest BCUT2D eigenvalue weighted by Crippen LogP contribution is 2.19. The number of rotatable bonds is 7. The number of carbonyl (C=O) groups excluding carboxylic acids is 1. The summed E-state index contributed by atoms with van der Waals surface area (Å²) in [6.45, 7) is 2.89. The first-order chi connectivity index (χ1) is 11.1. The van der Waals surface area contributed by atoms with E-state index in [0.717, 1.165) is 16.9 Å². The van der Waals surface area contributed by atoms with Gasteiger partial charge >= 0.3 is 0 Å². The maximum atomic E-state index is 11.4. The normalized spacial score (nSPS) is 11.8. The van der Waals surface area contributed by atoms with Gasteiger partial charge in [-0.25, -0.2) is 0 Å². The summed E-state index contributed by atoms with van der Waals surface area (Å²) < 4.78 is 5.74. The van der Waals surface area contributed by atoms with E-state index in [2.05, 4.69) is 10.6 Å². The number of benzene rings is 2. The molecule has 1 atom stereocenters. The molecule has 0 fully saturated rings. The maximum absolute atomic E-state index is 11.4. The van der Waals surface area contributed by atoms with Crippen molar-refractivity contribution < 1.29 is 9.53 Å². The predicted molar refractivity (Wildman–Crippen MR) is 92.6 cm³/mol. The molecule has 0 heterocycles. The number of ether oxygens (including phenoxy) is 1. The van der Waals surface area contributed by atoms with Gasteiger partial charge in [0.25, 0.3) is 0 Å². The molecule has 4 nitrogen and oxygen atoms in total. The molecule has 0 aliphatic rings. The van der Waals surface area contributed by atoms with E-state index in [1.165, 1.54) is 0 Å². The van der Waals surface area contributed by atoms with E-state index in [9.17, 15) is 4.79 Å². The summed E-state index contributed by atoms with van der Waals surface area (Å²) in [7, 11) is 1.63. The van der Waals surface area contributed by atoms with Crippen molar-refractivity contribution in [3.63, 3.8) is 0 Å². The lowest BCUT2D eigenvalue weighted by molar-refractivity contribution is -0.122. The lowest BCUT2D eigenvalue weighted by atomic mass is 10.2. The third kappa shape index (κ3) is 5.27. The summed E-state index contributed by atoms with van der Waals surface area (Å²) in [4.78, 5) is 11.4. The van der Waals surface area contributed by atoms with Crippen LogP contribution in [0.5, 0.6) is 5.75 Å². The summed E-state index contributed by atoms with van der Waals surface area (Å²) in [5.41, 5.74) is 2.05. The van der Waals surface area contributed by atoms with Crippen LogP contribution in [0.1, 0.15) is 18.1 Å². The van der Waals surface area contributed by atoms with Gasteiger partial charge in [0, 0.05) is 24.2 Å². The molecule has 0 saturated heterocycles. The molecule has 0 bridgehead atoms. The molecule has 0 aromatic heterocycles. The van der Waals surface area contributed by atoms with Gasteiger partial charge in [-0.1, -0.05) is 41.9 Å². The Morgan fingerprint density at radius 1 is 1.17 bits per heavy atom. The smallest absolute Gasteiger partial charge is 0.236 e. The zero-order chi connectivity index (χ0) is 16.7. The average molecular weight is 333 g/mol. The molecule has 2 aromatic rings. The molecule has 23 heavy (non-hydrogen) atoms. The predicted octanol–water partition coefficient (Wildman–Crippen LogP) is 3.14. The number of amides is 1. The SMILES string of the molecule is CNC(=O)[C@H](C)NCc1ccc(OCc2ccccc2Cl)cc1. The quantitative estimate of drug-likeness (QED) is 0.819. The average Bonchev–Trinajstić information content (AvgIpc) is 2.59. The van der Waals surface area contributed by atoms with Crippen LogP contribution in [0.3, 0.4) is 0 Å². The van der Waals surface area contributed by atoms with Crippen LogP contribution in [-0.4, -0.2) is 19.0 Å². The standard InChI is InChI=1S/C18H21ClN2O2/c1-13(18(22)20-2)21-11-14-7-9-16(10-8-14)23-12-15-5-3-4-6-17(15)19/h3-10,13,21H,11-12H2,1-2H3,(H,20,22)/t13-/m0/s1. The number of halogens is 1. The lowest BCUT2D eigenvalue weighted by Crippen LogP contribution is -2.40. The fourth-order valence-corrected chi connectivity index (χ4v) is 2.25. The molecule has 5 heteroatoms. The zero-order valence-corrected chi connectivity index (χ0v) is 14.1. The van der Waals surface area contributed by atoms with Gasteiger partial charge in [-0.2, -0.15) is 0 Å². The van der Waals surface area contributed by atoms with Gasteiger partial charge in [-0.3, -0.25) is 4.79 Å². The van der Waals surface area contributed by atoms with Gasteiger partial charge in [0.1, 0.15) is 12.4 Å². The number of likely N-dealkylation sites (N-methyl/N-ethyl adjacent to an activating group) is 1. The molecule has 122 valence electrons. The van der Waals surface area contributed by atoms with Crippen LogP contribution in [0.15, 0.2) is 48.5 Å². The van der Waals surface area contributed by atoms with E-state index in [1.54, 1.807) is 7.05 Å². The molecule has 0 radical (unpaired) electrons. The van der Waals surface area contributed by atoms with Gasteiger partial charge < -0.3 is 15.4 Å². The maximum Gasteiger partial charge on any atom is 0.236 e. The number of carbonyl (C=O) groups is 1. The summed E-state index contributed by atoms with van der Waals surface area (Å²) in [5.74, 6) is 0.762. The summed E-state index contributed by atoms with van der Waals surface area (Å²) in [6.07, 6.45) is 0. The summed E-state index contributed by atoms with van der Waals surface area (Å²) in [5, 5.41) is 6.48. The summed E-state index contributed by atoms with van der Waals surface area (Å²) in [6, 6.07) is 15.2. The Bertz CT molecular complexity index is 644. The second kappa shape index (κ2) is 8.56. The van der Waals surface area contributed by atoms with Crippen LogP contribution in [0.25, 0.3) is 0 Å². The molecule has 0 aliphatic heterocycles. The van der Waals surface area contributed by atoms with Crippen LogP contribution < -0.4 is 15.4 Å². The van der Waals surface area contributed by atoms with Gasteiger partial charge in [0.15, 0.2) is 0 Å². The second-order valence-electron chi connectivity index (χ2n) is 5.24. The fourth-order valence-electron chi connectivity index (χ4n) is 2.06. The van der Waals surface area contributed by atoms with Gasteiger partial charge in [-0.05, 0) is 30.7 Å². The lowest BCUT2D eigenvalue weighted by Gasteiger charge is -2.12. The largest absolute Gasteiger partial charge is 0.489 e. The molecule has 2 rings (SSSR count). The Morgan fingerprint density at radius 3 is 2.52 bits per heavy atom. The molecule has 0 aliphatic carbocycles. The first-order valence-corrected chi connectivity index (χ1v) is 7.88. The van der Waals surface area contributed by atoms with Crippen molar-refractivity contribution >= 4 is 17.5 Å². The van der Waals surface area contributed by atoms with Gasteiger partial charge in [0.2, 0.25) is 5.91 Å². The second-order valence-corrected chi connectivity index (χ2v) is 5.65. The van der Waals surface area contributed by atoms with Crippen LogP contribution in [0, 0.1) is 0 Å². The molecule has 0 saturated carbocycles. The zero-order valence-electron chi connectivity index (χ0n) is 13.3. The Labute approximate surface area is 141 Å². The first kappa shape index (κ1) is 17.3. The molecule has 0 unspecified atom stereocenters. The number of hydrogen-bond donors (Lipinski definition) is 2. The topological polar surface area (TPSA) is 50.4 Å². The molecule has 2 aromatic carbocycles. The van der Waals surface area contributed by atoms with Crippen molar-refractivity contribution in [2.24, 2.45) is 0 Å². The third-order valence-corrected chi connectivity index (χ3v) is 3.90. The van der Waals surface area contributed by atoms with E-state index in [1.807, 2.05) is 55.5 Å². The van der Waals surface area contributed by atoms with Crippen LogP contribution in [0.4, 0.5) is 0 Å². The number of hydrogen-bond acceptors (Lipinski definition) is 3. The minimum Gasteiger partial charge on any atom is -0.489 e. The molecule has 2 N–H and O–H groups in total. The van der Waals surface area contributed by atoms with Crippen molar-refractivity contribution in [2.45, 2.75) is 26.1 Å². The van der Waals surface area contributed by atoms with Crippen LogP contribution in [0.2, 0.25) is 5.02 Å². The first-order valence-electron chi connectivity index (χ1n) is 7.50. The molecular weight excluding hydrogens is 312 g/mol. The third-order valence-electron chi connectivity index (χ3n) is 3.53. The molecule has 1 amide bonds. The van der Waals surface area contributed by atoms with Crippen molar-refractivity contribution in [3.8, 4) is 5.75 Å². The van der Waals surface area contributed by atoms with E-state index >= 15 is 0 Å². The van der Waals surface area contributed by atoms with E-state index < -0.39 is 0 Å². The van der Waals surface area contributed by atoms with E-state index in [-0.39, 0.29) is 11.9 Å². The molecular formula is C18H21ClN2O2. The van der Waals surface area contributed by atoms with Crippen LogP contribution >= 0.6 is 11.6 Å². The van der Waals surface area contributed by atoms with E-state index in [4.69, 9.17) is 16.3 Å². The Balaban J connectivity index is 1.85. The minimum absolute atomic E-state index is 0.0234. The van der Waals surface area contributed by atoms with Crippen molar-refractivity contribution in [1.82, 2.24) is 10.6 Å². The minimum atomic E-state index is -0.226.